The first-order chi connectivity index (χ1) is 12.6. The number of hydrogen-bond acceptors (Lipinski definition) is 2. The molecule has 0 spiro atoms. The largest absolute Gasteiger partial charge is 0.348 e. The summed E-state index contributed by atoms with van der Waals surface area (Å²) in [5.74, 6) is 0. The minimum atomic E-state index is 0. The molecule has 0 bridgehead atoms. The lowest BCUT2D eigenvalue weighted by Crippen LogP contribution is -2.22. The molecule has 0 unspecified atom stereocenters. The number of H-pyrrole nitrogens is 1. The molecule has 1 aliphatic heterocycles. The Morgan fingerprint density at radius 2 is 1.78 bits per heavy atom. The smallest absolute Gasteiger partial charge is 0.165 e. The number of rotatable bonds is 7. The van der Waals surface area contributed by atoms with Gasteiger partial charge in [-0.15, -0.1) is 17.0 Å². The van der Waals surface area contributed by atoms with Crippen molar-refractivity contribution in [1.29, 1.82) is 0 Å². The maximum Gasteiger partial charge on any atom is 0.165 e. The lowest BCUT2D eigenvalue weighted by Gasteiger charge is -2.28. The summed E-state index contributed by atoms with van der Waals surface area (Å²) in [5, 5.41) is 0.711. The minimum Gasteiger partial charge on any atom is -0.348 e. The summed E-state index contributed by atoms with van der Waals surface area (Å²) < 4.78 is 0. The third-order valence-electron chi connectivity index (χ3n) is 4.45. The molecule has 3 rings (SSSR count). The molecule has 0 fully saturated rings. The number of nitrogens with zero attached hydrogens (tertiary/aromatic N) is 2. The quantitative estimate of drug-likeness (QED) is 0.418. The number of fused-ring (bicyclic) bond motifs is 1. The number of unbranched alkanes of at least 4 members (excludes halogenated alkanes) is 5. The van der Waals surface area contributed by atoms with Crippen LogP contribution in [0.5, 0.6) is 0 Å². The van der Waals surface area contributed by atoms with E-state index in [1.165, 1.54) is 68.2 Å². The molecule has 1 aromatic carbocycles. The van der Waals surface area contributed by atoms with Crippen LogP contribution in [0.1, 0.15) is 57.9 Å². The molecule has 0 radical (unpaired) electrons. The second kappa shape index (κ2) is 13.2. The molecule has 3 nitrogen and oxygen atoms in total. The summed E-state index contributed by atoms with van der Waals surface area (Å²) in [6.45, 7) is 5.68. The number of aromatic nitrogens is 2. The number of imidazole rings is 1. The molecule has 2 aromatic rings. The molecule has 0 saturated heterocycles. The van der Waals surface area contributed by atoms with Gasteiger partial charge in [0.25, 0.3) is 0 Å². The number of benzene rings is 1. The molecule has 6 heteroatoms. The third kappa shape index (κ3) is 8.28. The molecule has 2 heterocycles. The number of allylic oxidation sites excluding steroid dienone is 1. The average Bonchev–Trinajstić information content (AvgIpc) is 3.01. The van der Waals surface area contributed by atoms with Crippen LogP contribution in [0.4, 0.5) is 5.69 Å². The van der Waals surface area contributed by atoms with Gasteiger partial charge in [-0.25, -0.2) is 4.98 Å². The Morgan fingerprint density at radius 3 is 2.41 bits per heavy atom. The fourth-order valence-corrected chi connectivity index (χ4v) is 3.33. The Labute approximate surface area is 183 Å². The number of anilines is 1. The van der Waals surface area contributed by atoms with Crippen LogP contribution in [-0.4, -0.2) is 16.5 Å². The predicted octanol–water partition coefficient (Wildman–Crippen LogP) is 7.61. The highest BCUT2D eigenvalue weighted by molar-refractivity contribution is 8.93. The van der Waals surface area contributed by atoms with E-state index < -0.39 is 0 Å². The second-order valence-corrected chi connectivity index (χ2v) is 7.49. The van der Waals surface area contributed by atoms with Crippen LogP contribution < -0.4 is 4.90 Å². The first-order valence-electron chi connectivity index (χ1n) is 9.48. The highest BCUT2D eigenvalue weighted by Crippen LogP contribution is 2.28. The molecule has 0 saturated carbocycles. The van der Waals surface area contributed by atoms with E-state index in [0.29, 0.717) is 10.3 Å². The van der Waals surface area contributed by atoms with Crippen LogP contribution >= 0.6 is 40.2 Å². The first-order valence-corrected chi connectivity index (χ1v) is 10.2. The molecule has 0 atom stereocenters. The van der Waals surface area contributed by atoms with E-state index in [4.69, 9.17) is 23.2 Å². The zero-order chi connectivity index (χ0) is 18.8. The number of hydrogen-bond donors (Lipinski definition) is 1. The van der Waals surface area contributed by atoms with Gasteiger partial charge < -0.3 is 9.88 Å². The summed E-state index contributed by atoms with van der Waals surface area (Å²) in [6, 6.07) is 8.83. The maximum atomic E-state index is 5.37. The number of para-hydroxylation sites is 1. The number of halogens is 3. The predicted molar refractivity (Wildman–Crippen MR) is 124 cm³/mol. The van der Waals surface area contributed by atoms with E-state index in [-0.39, 0.29) is 17.0 Å². The van der Waals surface area contributed by atoms with E-state index in [9.17, 15) is 0 Å². The Kier molecular flexibility index (Phi) is 11.8. The summed E-state index contributed by atoms with van der Waals surface area (Å²) in [6.07, 6.45) is 13.1. The Bertz CT molecular complexity index is 684. The average molecular weight is 475 g/mol. The van der Waals surface area contributed by atoms with E-state index >= 15 is 0 Å². The summed E-state index contributed by atoms with van der Waals surface area (Å²) >= 11 is 10.7. The van der Waals surface area contributed by atoms with Crippen molar-refractivity contribution < 1.29 is 0 Å². The molecule has 27 heavy (non-hydrogen) atoms. The Morgan fingerprint density at radius 1 is 1.07 bits per heavy atom. The second-order valence-electron chi connectivity index (χ2n) is 6.75. The summed E-state index contributed by atoms with van der Waals surface area (Å²) in [7, 11) is 0. The van der Waals surface area contributed by atoms with Crippen molar-refractivity contribution in [3.8, 4) is 0 Å². The van der Waals surface area contributed by atoms with Gasteiger partial charge >= 0.3 is 0 Å². The van der Waals surface area contributed by atoms with Crippen LogP contribution in [0.3, 0.4) is 0 Å². The van der Waals surface area contributed by atoms with Gasteiger partial charge in [0.15, 0.2) is 5.15 Å². The van der Waals surface area contributed by atoms with Crippen molar-refractivity contribution in [1.82, 2.24) is 9.97 Å². The van der Waals surface area contributed by atoms with Gasteiger partial charge in [-0.2, -0.15) is 0 Å². The van der Waals surface area contributed by atoms with Crippen LogP contribution in [0.2, 0.25) is 10.3 Å². The zero-order valence-corrected chi connectivity index (χ0v) is 19.4. The number of aromatic amines is 1. The van der Waals surface area contributed by atoms with Crippen molar-refractivity contribution in [2.24, 2.45) is 0 Å². The minimum absolute atomic E-state index is 0. The van der Waals surface area contributed by atoms with Crippen LogP contribution in [0.25, 0.3) is 0 Å². The standard InChI is InChI=1S/C18H27N.C3H2Cl2N2.BrH/c1-3-4-5-6-7-10-13-19-15-16(2)14-17-11-8-9-12-18(17)19;4-2-3(5)7-1-6-2;/h8-9,11-12,15H,3-7,10,13-14H2,1-2H3;1H,(H,6,7);1H. The van der Waals surface area contributed by atoms with Gasteiger partial charge in [-0.3, -0.25) is 0 Å². The van der Waals surface area contributed by atoms with Crippen LogP contribution in [0, 0.1) is 0 Å². The molecule has 1 aromatic heterocycles. The molecule has 150 valence electrons. The molecule has 0 amide bonds. The van der Waals surface area contributed by atoms with E-state index in [1.807, 2.05) is 0 Å². The molecular formula is C21H30BrCl2N3. The Hall–Kier alpha value is -0.970. The van der Waals surface area contributed by atoms with Crippen LogP contribution in [0.15, 0.2) is 42.4 Å². The fourth-order valence-electron chi connectivity index (χ4n) is 3.13. The van der Waals surface area contributed by atoms with Gasteiger partial charge in [0, 0.05) is 18.4 Å². The highest BCUT2D eigenvalue weighted by Gasteiger charge is 2.14. The van der Waals surface area contributed by atoms with Crippen molar-refractivity contribution in [3.05, 3.63) is 58.2 Å². The van der Waals surface area contributed by atoms with Crippen molar-refractivity contribution in [2.45, 2.75) is 58.8 Å². The topological polar surface area (TPSA) is 31.9 Å². The zero-order valence-electron chi connectivity index (χ0n) is 16.2. The number of nitrogens with one attached hydrogen (secondary N) is 1. The van der Waals surface area contributed by atoms with Crippen molar-refractivity contribution >= 4 is 45.9 Å². The normalized spacial score (nSPS) is 12.4. The van der Waals surface area contributed by atoms with Crippen molar-refractivity contribution in [3.63, 3.8) is 0 Å². The maximum absolute atomic E-state index is 5.37. The van der Waals surface area contributed by atoms with Gasteiger partial charge in [-0.1, -0.05) is 86.0 Å². The van der Waals surface area contributed by atoms with E-state index in [0.717, 1.165) is 6.42 Å². The van der Waals surface area contributed by atoms with Crippen LogP contribution in [-0.2, 0) is 6.42 Å². The SMILES string of the molecule is Br.CCCCCCCCN1C=C(C)Cc2ccccc21.Clc1nc[nH]c1Cl. The molecule has 1 N–H and O–H groups in total. The van der Waals surface area contributed by atoms with Gasteiger partial charge in [0.1, 0.15) is 5.15 Å². The lowest BCUT2D eigenvalue weighted by molar-refractivity contribution is 0.607. The first kappa shape index (κ1) is 24.1. The molecule has 0 aliphatic carbocycles. The van der Waals surface area contributed by atoms with Crippen molar-refractivity contribution in [2.75, 3.05) is 11.4 Å². The third-order valence-corrected chi connectivity index (χ3v) is 5.12. The van der Waals surface area contributed by atoms with E-state index in [1.54, 1.807) is 0 Å². The van der Waals surface area contributed by atoms with E-state index in [2.05, 4.69) is 59.2 Å². The fraction of sp³-hybridized carbons (Fsp3) is 0.476. The summed E-state index contributed by atoms with van der Waals surface area (Å²) in [4.78, 5) is 8.64. The summed E-state index contributed by atoms with van der Waals surface area (Å²) in [5.41, 5.74) is 4.37. The monoisotopic (exact) mass is 473 g/mol. The molecule has 1 aliphatic rings. The van der Waals surface area contributed by atoms with Gasteiger partial charge in [0.05, 0.1) is 6.33 Å². The molecular weight excluding hydrogens is 445 g/mol. The highest BCUT2D eigenvalue weighted by atomic mass is 79.9. The Balaban J connectivity index is 0.000000385. The van der Waals surface area contributed by atoms with Gasteiger partial charge in [0.2, 0.25) is 0 Å². The van der Waals surface area contributed by atoms with Gasteiger partial charge in [-0.05, 0) is 31.4 Å². The lowest BCUT2D eigenvalue weighted by atomic mass is 10.0.